The lowest BCUT2D eigenvalue weighted by molar-refractivity contribution is -0.0519. The molecule has 1 saturated carbocycles. The third-order valence-electron chi connectivity index (χ3n) is 6.00. The number of hydrogen-bond donors (Lipinski definition) is 1. The van der Waals surface area contributed by atoms with Crippen molar-refractivity contribution in [3.8, 4) is 0 Å². The summed E-state index contributed by atoms with van der Waals surface area (Å²) in [7, 11) is 0. The van der Waals surface area contributed by atoms with Crippen LogP contribution in [0.4, 0.5) is 8.78 Å². The van der Waals surface area contributed by atoms with Gasteiger partial charge in [-0.25, -0.2) is 18.7 Å². The lowest BCUT2D eigenvalue weighted by Crippen LogP contribution is -2.44. The van der Waals surface area contributed by atoms with E-state index in [0.717, 1.165) is 30.9 Å². The van der Waals surface area contributed by atoms with Crippen LogP contribution < -0.4 is 5.32 Å². The van der Waals surface area contributed by atoms with Gasteiger partial charge >= 0.3 is 0 Å². The van der Waals surface area contributed by atoms with Crippen LogP contribution in [0.1, 0.15) is 95.4 Å². The first-order valence-corrected chi connectivity index (χ1v) is 10.9. The minimum absolute atomic E-state index is 0.0414. The summed E-state index contributed by atoms with van der Waals surface area (Å²) in [6.07, 6.45) is 15.0. The predicted molar refractivity (Wildman–Crippen MR) is 107 cm³/mol. The second-order valence-electron chi connectivity index (χ2n) is 8.31. The van der Waals surface area contributed by atoms with Crippen LogP contribution in [-0.4, -0.2) is 29.0 Å². The molecule has 1 aromatic rings. The normalized spacial score (nSPS) is 18.5. The molecule has 3 nitrogen and oxygen atoms in total. The molecular weight excluding hydrogens is 344 g/mol. The molecule has 1 heterocycles. The van der Waals surface area contributed by atoms with Crippen molar-refractivity contribution in [1.29, 1.82) is 0 Å². The summed E-state index contributed by atoms with van der Waals surface area (Å²) < 4.78 is 27.4. The molecule has 0 aromatic carbocycles. The highest BCUT2D eigenvalue weighted by atomic mass is 19.3. The Kier molecular flexibility index (Phi) is 9.07. The quantitative estimate of drug-likeness (QED) is 0.454. The molecule has 0 aliphatic heterocycles. The van der Waals surface area contributed by atoms with Crippen LogP contribution in [0.3, 0.4) is 0 Å². The van der Waals surface area contributed by atoms with E-state index in [1.165, 1.54) is 44.9 Å². The molecule has 1 aromatic heterocycles. The molecule has 0 radical (unpaired) electrons. The van der Waals surface area contributed by atoms with E-state index < -0.39 is 5.92 Å². The number of aromatic nitrogens is 2. The molecule has 1 aliphatic carbocycles. The Morgan fingerprint density at radius 3 is 2.04 bits per heavy atom. The Balaban J connectivity index is 1.76. The first-order valence-electron chi connectivity index (χ1n) is 10.9. The molecule has 0 amide bonds. The summed E-state index contributed by atoms with van der Waals surface area (Å²) >= 11 is 0. The summed E-state index contributed by atoms with van der Waals surface area (Å²) in [5, 5.41) is 3.55. The van der Waals surface area contributed by atoms with Gasteiger partial charge in [-0.05, 0) is 38.3 Å². The first-order chi connectivity index (χ1) is 13.0. The van der Waals surface area contributed by atoms with Crippen molar-refractivity contribution in [2.45, 2.75) is 102 Å². The fourth-order valence-electron chi connectivity index (χ4n) is 4.04. The van der Waals surface area contributed by atoms with Crippen LogP contribution in [0.15, 0.2) is 12.4 Å². The van der Waals surface area contributed by atoms with Crippen molar-refractivity contribution in [1.82, 2.24) is 15.3 Å². The molecule has 1 N–H and O–H groups in total. The highest BCUT2D eigenvalue weighted by Gasteiger charge is 2.44. The SMILES string of the molecule is CCCCCCCCCCNCC1(c2cnc(C)nc2)CCC(F)(F)CC1. The van der Waals surface area contributed by atoms with E-state index in [-0.39, 0.29) is 18.3 Å². The van der Waals surface area contributed by atoms with Crippen LogP contribution in [0.2, 0.25) is 0 Å². The van der Waals surface area contributed by atoms with E-state index in [1.807, 2.05) is 19.3 Å². The van der Waals surface area contributed by atoms with Crippen molar-refractivity contribution in [2.75, 3.05) is 13.1 Å². The van der Waals surface area contributed by atoms with E-state index in [4.69, 9.17) is 0 Å². The van der Waals surface area contributed by atoms with Crippen molar-refractivity contribution in [3.05, 3.63) is 23.8 Å². The molecular formula is C22H37F2N3. The number of alkyl halides is 2. The maximum atomic E-state index is 13.7. The number of aryl methyl sites for hydroxylation is 1. The number of hydrogen-bond acceptors (Lipinski definition) is 3. The molecule has 2 rings (SSSR count). The second-order valence-corrected chi connectivity index (χ2v) is 8.31. The number of nitrogens with zero attached hydrogens (tertiary/aromatic N) is 2. The molecule has 0 atom stereocenters. The van der Waals surface area contributed by atoms with Gasteiger partial charge in [0.1, 0.15) is 5.82 Å². The molecule has 0 unspecified atom stereocenters. The first kappa shape index (κ1) is 22.2. The molecule has 154 valence electrons. The number of halogens is 2. The van der Waals surface area contributed by atoms with Gasteiger partial charge in [0.2, 0.25) is 5.92 Å². The van der Waals surface area contributed by atoms with Gasteiger partial charge in [-0.15, -0.1) is 0 Å². The van der Waals surface area contributed by atoms with E-state index >= 15 is 0 Å². The number of nitrogens with one attached hydrogen (secondary N) is 1. The standard InChI is InChI=1S/C22H37F2N3/c1-3-4-5-6-7-8-9-10-15-25-18-21(11-13-22(23,24)14-12-21)20-16-26-19(2)27-17-20/h16-17,25H,3-15,18H2,1-2H3. The molecule has 0 spiro atoms. The fraction of sp³-hybridized carbons (Fsp3) is 0.818. The average Bonchev–Trinajstić information content (AvgIpc) is 2.65. The van der Waals surface area contributed by atoms with Crippen LogP contribution in [0, 0.1) is 6.92 Å². The fourth-order valence-corrected chi connectivity index (χ4v) is 4.04. The van der Waals surface area contributed by atoms with Gasteiger partial charge in [-0.2, -0.15) is 0 Å². The second kappa shape index (κ2) is 11.0. The minimum atomic E-state index is -2.52. The smallest absolute Gasteiger partial charge is 0.248 e. The molecule has 5 heteroatoms. The number of rotatable bonds is 12. The highest BCUT2D eigenvalue weighted by Crippen LogP contribution is 2.44. The van der Waals surface area contributed by atoms with Crippen LogP contribution in [0.25, 0.3) is 0 Å². The van der Waals surface area contributed by atoms with E-state index in [9.17, 15) is 8.78 Å². The van der Waals surface area contributed by atoms with Gasteiger partial charge in [0.05, 0.1) is 0 Å². The summed E-state index contributed by atoms with van der Waals surface area (Å²) in [5.41, 5.74) is 0.752. The monoisotopic (exact) mass is 381 g/mol. The third kappa shape index (κ3) is 7.44. The van der Waals surface area contributed by atoms with E-state index in [2.05, 4.69) is 22.2 Å². The van der Waals surface area contributed by atoms with Gasteiger partial charge in [0, 0.05) is 37.2 Å². The zero-order valence-electron chi connectivity index (χ0n) is 17.2. The van der Waals surface area contributed by atoms with Gasteiger partial charge in [0.15, 0.2) is 0 Å². The Morgan fingerprint density at radius 1 is 0.889 bits per heavy atom. The minimum Gasteiger partial charge on any atom is -0.316 e. The summed E-state index contributed by atoms with van der Waals surface area (Å²) in [4.78, 5) is 8.62. The van der Waals surface area contributed by atoms with Gasteiger partial charge in [-0.1, -0.05) is 51.9 Å². The van der Waals surface area contributed by atoms with Gasteiger partial charge in [-0.3, -0.25) is 0 Å². The van der Waals surface area contributed by atoms with Crippen molar-refractivity contribution in [3.63, 3.8) is 0 Å². The van der Waals surface area contributed by atoms with E-state index in [0.29, 0.717) is 12.8 Å². The maximum Gasteiger partial charge on any atom is 0.248 e. The predicted octanol–water partition coefficient (Wildman–Crippen LogP) is 5.96. The molecule has 1 aliphatic rings. The van der Waals surface area contributed by atoms with Crippen LogP contribution >= 0.6 is 0 Å². The van der Waals surface area contributed by atoms with Crippen LogP contribution in [-0.2, 0) is 5.41 Å². The largest absolute Gasteiger partial charge is 0.316 e. The number of unbranched alkanes of at least 4 members (excludes halogenated alkanes) is 7. The summed E-state index contributed by atoms with van der Waals surface area (Å²) in [6, 6.07) is 0. The molecule has 0 saturated heterocycles. The zero-order chi connectivity index (χ0) is 19.6. The van der Waals surface area contributed by atoms with Crippen molar-refractivity contribution >= 4 is 0 Å². The zero-order valence-corrected chi connectivity index (χ0v) is 17.2. The Labute approximate surface area is 163 Å². The Morgan fingerprint density at radius 2 is 1.44 bits per heavy atom. The topological polar surface area (TPSA) is 37.8 Å². The summed E-state index contributed by atoms with van der Waals surface area (Å²) in [5.74, 6) is -1.80. The Bertz CT molecular complexity index is 521. The maximum absolute atomic E-state index is 13.7. The van der Waals surface area contributed by atoms with Crippen molar-refractivity contribution in [2.24, 2.45) is 0 Å². The van der Waals surface area contributed by atoms with Gasteiger partial charge < -0.3 is 5.32 Å². The average molecular weight is 382 g/mol. The lowest BCUT2D eigenvalue weighted by atomic mass is 9.69. The molecule has 0 bridgehead atoms. The summed E-state index contributed by atoms with van der Waals surface area (Å²) in [6.45, 7) is 5.80. The highest BCUT2D eigenvalue weighted by molar-refractivity contribution is 5.22. The van der Waals surface area contributed by atoms with Gasteiger partial charge in [0.25, 0.3) is 0 Å². The molecule has 27 heavy (non-hydrogen) atoms. The van der Waals surface area contributed by atoms with E-state index in [1.54, 1.807) is 0 Å². The third-order valence-corrected chi connectivity index (χ3v) is 6.00. The Hall–Kier alpha value is -1.10. The van der Waals surface area contributed by atoms with Crippen molar-refractivity contribution < 1.29 is 8.78 Å². The lowest BCUT2D eigenvalue weighted by Gasteiger charge is -2.40. The molecule has 1 fully saturated rings. The van der Waals surface area contributed by atoms with Crippen LogP contribution in [0.5, 0.6) is 0 Å².